The molecule has 14 heavy (non-hydrogen) atoms. The van der Waals surface area contributed by atoms with Gasteiger partial charge in [0, 0.05) is 34.7 Å². The Hall–Kier alpha value is -0.590. The minimum Gasteiger partial charge on any atom is -0.438 e. The Morgan fingerprint density at radius 2 is 2.00 bits per heavy atom. The van der Waals surface area contributed by atoms with E-state index in [4.69, 9.17) is 4.74 Å². The van der Waals surface area contributed by atoms with Crippen molar-refractivity contribution in [2.24, 2.45) is 9.98 Å². The van der Waals surface area contributed by atoms with Crippen LogP contribution in [-0.2, 0) is 4.74 Å². The second-order valence-electron chi connectivity index (χ2n) is 2.63. The Labute approximate surface area is 86.0 Å². The molecular weight excluding hydrogens is 218 g/mol. The number of hydrogen-bond donors (Lipinski definition) is 0. The molecule has 6 heteroatoms. The molecule has 0 aromatic carbocycles. The van der Waals surface area contributed by atoms with Crippen LogP contribution in [0.15, 0.2) is 9.98 Å². The first-order valence-electron chi connectivity index (χ1n) is 4.07. The van der Waals surface area contributed by atoms with Crippen LogP contribution in [-0.4, -0.2) is 35.9 Å². The lowest BCUT2D eigenvalue weighted by molar-refractivity contribution is 0.275. The summed E-state index contributed by atoms with van der Waals surface area (Å²) in [5.74, 6) is 0.594. The van der Waals surface area contributed by atoms with E-state index in [9.17, 15) is 4.79 Å². The van der Waals surface area contributed by atoms with E-state index in [1.54, 1.807) is 21.0 Å². The first kappa shape index (κ1) is 11.5. The molecule has 0 bridgehead atoms. The molecule has 1 aliphatic rings. The third-order valence-corrected chi connectivity index (χ3v) is 5.75. The minimum atomic E-state index is -0.910. The monoisotopic (exact) mass is 230 g/mol. The predicted octanol–water partition coefficient (Wildman–Crippen LogP) is 2.75. The predicted molar refractivity (Wildman–Crippen MR) is 63.4 cm³/mol. The summed E-state index contributed by atoms with van der Waals surface area (Å²) in [5, 5.41) is 1.01. The van der Waals surface area contributed by atoms with Gasteiger partial charge >= 0.3 is 0 Å². The molecule has 0 aromatic heterocycles. The summed E-state index contributed by atoms with van der Waals surface area (Å²) < 4.78 is 5.42. The molecular formula is C8H12N2O2P2. The van der Waals surface area contributed by atoms with Crippen LogP contribution in [0.25, 0.3) is 0 Å². The number of carbonyl (C=O) groups excluding carboxylic acids is 1. The van der Waals surface area contributed by atoms with Crippen LogP contribution < -0.4 is 0 Å². The highest BCUT2D eigenvalue weighted by Gasteiger charge is 2.36. The fourth-order valence-electron chi connectivity index (χ4n) is 0.842. The molecule has 0 aliphatic carbocycles. The molecule has 1 aliphatic heterocycles. The Balaban J connectivity index is 2.74. The van der Waals surface area contributed by atoms with Gasteiger partial charge in [0.1, 0.15) is 0 Å². The summed E-state index contributed by atoms with van der Waals surface area (Å²) in [7, 11) is 3.11. The lowest BCUT2D eigenvalue weighted by Gasteiger charge is -2.23. The van der Waals surface area contributed by atoms with E-state index in [1.165, 1.54) is 0 Å². The lowest BCUT2D eigenvalue weighted by Crippen LogP contribution is -2.18. The van der Waals surface area contributed by atoms with Crippen LogP contribution in [0.4, 0.5) is 4.79 Å². The molecule has 0 radical (unpaired) electrons. The van der Waals surface area contributed by atoms with E-state index in [0.29, 0.717) is 14.1 Å². The number of rotatable bonds is 2. The van der Waals surface area contributed by atoms with E-state index in [2.05, 4.69) is 9.98 Å². The van der Waals surface area contributed by atoms with Crippen molar-refractivity contribution in [2.75, 3.05) is 14.1 Å². The highest BCUT2D eigenvalue weighted by atomic mass is 31.2. The number of nitrogens with zero attached hydrogens (tertiary/aromatic N) is 2. The van der Waals surface area contributed by atoms with Crippen LogP contribution in [0.1, 0.15) is 13.8 Å². The molecule has 0 saturated carbocycles. The molecule has 0 spiro atoms. The molecule has 4 nitrogen and oxygen atoms in total. The molecule has 1 rings (SSSR count). The van der Waals surface area contributed by atoms with Crippen molar-refractivity contribution in [3.05, 3.63) is 0 Å². The average Bonchev–Trinajstić information content (AvgIpc) is 2.16. The van der Waals surface area contributed by atoms with E-state index in [-0.39, 0.29) is 5.27 Å². The fourth-order valence-corrected chi connectivity index (χ4v) is 4.39. The van der Waals surface area contributed by atoms with E-state index in [0.717, 1.165) is 10.7 Å². The first-order chi connectivity index (χ1) is 6.60. The summed E-state index contributed by atoms with van der Waals surface area (Å²) in [4.78, 5) is 19.2. The van der Waals surface area contributed by atoms with Crippen molar-refractivity contribution in [3.8, 4) is 0 Å². The maximum atomic E-state index is 11.3. The summed E-state index contributed by atoms with van der Waals surface area (Å²) in [6, 6.07) is 0. The van der Waals surface area contributed by atoms with Crippen LogP contribution in [0.2, 0.25) is 0 Å². The van der Waals surface area contributed by atoms with Crippen molar-refractivity contribution in [1.29, 1.82) is 0 Å². The first-order valence-corrected chi connectivity index (χ1v) is 6.31. The SMILES string of the molecule is CN=C(C)OC1=PC(=O)P1C(C)=NC. The standard InChI is InChI=1S/C8H12N2O2P2/c1-5(9-3)12-8-13-7(11)14(8)6(2)10-4/h1-4H3. The largest absolute Gasteiger partial charge is 0.438 e. The van der Waals surface area contributed by atoms with Gasteiger partial charge in [-0.2, -0.15) is 0 Å². The maximum Gasteiger partial charge on any atom is 0.219 e. The zero-order chi connectivity index (χ0) is 10.7. The lowest BCUT2D eigenvalue weighted by atomic mass is 10.8. The van der Waals surface area contributed by atoms with Gasteiger partial charge in [0.05, 0.1) is 7.92 Å². The minimum absolute atomic E-state index is 0.210. The van der Waals surface area contributed by atoms with E-state index in [1.807, 2.05) is 6.92 Å². The van der Waals surface area contributed by atoms with Gasteiger partial charge in [0.15, 0.2) is 11.1 Å². The number of carbonyl (C=O) groups is 1. The number of aliphatic imine (C=N–C) groups is 2. The Kier molecular flexibility index (Phi) is 3.91. The Morgan fingerprint density at radius 1 is 1.36 bits per heavy atom. The van der Waals surface area contributed by atoms with Gasteiger partial charge < -0.3 is 4.74 Å². The summed E-state index contributed by atoms with van der Waals surface area (Å²) in [6.45, 7) is 3.64. The van der Waals surface area contributed by atoms with Gasteiger partial charge in [0.25, 0.3) is 0 Å². The van der Waals surface area contributed by atoms with Gasteiger partial charge in [0.2, 0.25) is 5.27 Å². The van der Waals surface area contributed by atoms with Crippen LogP contribution in [0.3, 0.4) is 0 Å². The number of ether oxygens (including phenoxy) is 1. The highest BCUT2D eigenvalue weighted by molar-refractivity contribution is 8.25. The fraction of sp³-hybridized carbons (Fsp3) is 0.500. The molecule has 76 valence electrons. The highest BCUT2D eigenvalue weighted by Crippen LogP contribution is 2.56. The molecule has 0 saturated heterocycles. The second kappa shape index (κ2) is 4.77. The molecule has 1 unspecified atom stereocenters. The summed E-state index contributed by atoms with van der Waals surface area (Å²) in [5.41, 5.74) is 0.864. The van der Waals surface area contributed by atoms with Crippen molar-refractivity contribution < 1.29 is 9.53 Å². The molecule has 1 heterocycles. The van der Waals surface area contributed by atoms with Crippen molar-refractivity contribution in [1.82, 2.24) is 0 Å². The second-order valence-corrected chi connectivity index (χ2v) is 6.50. The molecule has 0 amide bonds. The maximum absolute atomic E-state index is 11.3. The Morgan fingerprint density at radius 3 is 2.43 bits per heavy atom. The van der Waals surface area contributed by atoms with E-state index < -0.39 is 7.92 Å². The normalized spacial score (nSPS) is 24.1. The van der Waals surface area contributed by atoms with Crippen molar-refractivity contribution >= 4 is 38.0 Å². The molecule has 0 N–H and O–H groups in total. The topological polar surface area (TPSA) is 51.0 Å². The quantitative estimate of drug-likeness (QED) is 0.416. The van der Waals surface area contributed by atoms with Gasteiger partial charge in [-0.05, 0) is 6.92 Å². The average molecular weight is 230 g/mol. The third kappa shape index (κ3) is 2.26. The molecule has 0 aromatic rings. The van der Waals surface area contributed by atoms with Gasteiger partial charge in [-0.15, -0.1) is 0 Å². The zero-order valence-corrected chi connectivity index (χ0v) is 10.4. The van der Waals surface area contributed by atoms with Crippen LogP contribution >= 0.6 is 16.1 Å². The summed E-state index contributed by atoms with van der Waals surface area (Å²) in [6.07, 6.45) is 0. The van der Waals surface area contributed by atoms with Gasteiger partial charge in [-0.1, -0.05) is 0 Å². The zero-order valence-electron chi connectivity index (χ0n) is 8.61. The molecule has 1 atom stereocenters. The van der Waals surface area contributed by atoms with E-state index >= 15 is 0 Å². The summed E-state index contributed by atoms with van der Waals surface area (Å²) >= 11 is 0. The van der Waals surface area contributed by atoms with Crippen LogP contribution in [0, 0.1) is 0 Å². The van der Waals surface area contributed by atoms with Crippen molar-refractivity contribution in [2.45, 2.75) is 13.8 Å². The Bertz CT molecular complexity index is 347. The number of hydrogen-bond acceptors (Lipinski definition) is 4. The van der Waals surface area contributed by atoms with Gasteiger partial charge in [-0.3, -0.25) is 14.8 Å². The third-order valence-electron chi connectivity index (χ3n) is 1.77. The smallest absolute Gasteiger partial charge is 0.219 e. The van der Waals surface area contributed by atoms with Crippen molar-refractivity contribution in [3.63, 3.8) is 0 Å². The van der Waals surface area contributed by atoms with Gasteiger partial charge in [-0.25, -0.2) is 0 Å². The van der Waals surface area contributed by atoms with Crippen LogP contribution in [0.5, 0.6) is 0 Å². The molecule has 0 fully saturated rings.